The number of aromatic nitrogens is 1. The number of phenolic OH excluding ortho intramolecular Hbond substituents is 1. The number of nitrogens with zero attached hydrogens (tertiary/aromatic N) is 2. The Balaban J connectivity index is 1.94. The molecule has 10 nitrogen and oxygen atoms in total. The van der Waals surface area contributed by atoms with Crippen molar-refractivity contribution < 1.29 is 39.2 Å². The molecular weight excluding hydrogens is 524 g/mol. The van der Waals surface area contributed by atoms with E-state index in [0.717, 1.165) is 16.2 Å². The van der Waals surface area contributed by atoms with E-state index >= 15 is 0 Å². The van der Waals surface area contributed by atoms with Gasteiger partial charge in [-0.2, -0.15) is 0 Å². The van der Waals surface area contributed by atoms with Crippen molar-refractivity contribution in [2.75, 3.05) is 18.1 Å². The molecule has 0 aliphatic carbocycles. The lowest BCUT2D eigenvalue weighted by atomic mass is 9.93. The third kappa shape index (κ3) is 5.08. The SMILES string of the molecule is C=CCOc1ccc(C(O)=C2C(=O)C(=O)N(c3nc(C)c(C(=O)O)s3)[C@H]2c2ccc(O)c(OCC)c2)c(C)c1. The van der Waals surface area contributed by atoms with Crippen molar-refractivity contribution in [2.24, 2.45) is 0 Å². The van der Waals surface area contributed by atoms with Gasteiger partial charge in [-0.05, 0) is 62.2 Å². The maximum atomic E-state index is 13.4. The first-order valence-electron chi connectivity index (χ1n) is 11.9. The molecule has 4 rings (SSSR count). The number of amides is 1. The number of benzene rings is 2. The van der Waals surface area contributed by atoms with E-state index in [9.17, 15) is 29.7 Å². The molecule has 1 fully saturated rings. The van der Waals surface area contributed by atoms with E-state index in [1.165, 1.54) is 25.1 Å². The first kappa shape index (κ1) is 27.4. The molecule has 1 aliphatic heterocycles. The fourth-order valence-electron chi connectivity index (χ4n) is 4.29. The number of ketones is 1. The Morgan fingerprint density at radius 1 is 1.15 bits per heavy atom. The second-order valence-corrected chi connectivity index (χ2v) is 9.60. The second kappa shape index (κ2) is 11.0. The van der Waals surface area contributed by atoms with Crippen molar-refractivity contribution in [3.63, 3.8) is 0 Å². The number of aliphatic hydroxyl groups excluding tert-OH is 1. The quantitative estimate of drug-likeness (QED) is 0.149. The molecule has 1 saturated heterocycles. The Labute approximate surface area is 228 Å². The fourth-order valence-corrected chi connectivity index (χ4v) is 5.23. The normalized spacial score (nSPS) is 16.4. The molecule has 0 bridgehead atoms. The standard InChI is InChI=1S/C28H26N2O8S/c1-5-11-38-17-8-9-18(14(3)12-17)23(32)21-22(16-7-10-19(31)20(13-16)37-6-2)30(26(34)24(21)33)28-29-15(4)25(39-28)27(35)36/h5,7-10,12-13,22,31-32H,1,6,11H2,2-4H3,(H,35,36)/t22-/m0/s1. The molecule has 3 N–H and O–H groups in total. The Kier molecular flexibility index (Phi) is 7.73. The molecule has 2 aromatic carbocycles. The molecule has 0 radical (unpaired) electrons. The summed E-state index contributed by atoms with van der Waals surface area (Å²) in [6, 6.07) is 8.00. The largest absolute Gasteiger partial charge is 0.507 e. The smallest absolute Gasteiger partial charge is 0.347 e. The molecule has 1 atom stereocenters. The van der Waals surface area contributed by atoms with Gasteiger partial charge in [0, 0.05) is 5.56 Å². The van der Waals surface area contributed by atoms with Crippen LogP contribution in [0.5, 0.6) is 17.2 Å². The van der Waals surface area contributed by atoms with Crippen LogP contribution in [0.2, 0.25) is 0 Å². The molecule has 3 aromatic rings. The summed E-state index contributed by atoms with van der Waals surface area (Å²) in [5.74, 6) is -3.11. The van der Waals surface area contributed by atoms with Gasteiger partial charge in [0.15, 0.2) is 16.6 Å². The molecule has 2 heterocycles. The van der Waals surface area contributed by atoms with Gasteiger partial charge in [0.25, 0.3) is 5.78 Å². The number of carboxylic acid groups (broad SMARTS) is 1. The van der Waals surface area contributed by atoms with Crippen molar-refractivity contribution in [2.45, 2.75) is 26.8 Å². The van der Waals surface area contributed by atoms with Crippen LogP contribution in [0.1, 0.15) is 45.0 Å². The number of carboxylic acids is 1. The van der Waals surface area contributed by atoms with E-state index in [0.29, 0.717) is 22.4 Å². The number of Topliss-reactive ketones (excluding diaryl/α,β-unsaturated/α-hetero) is 1. The van der Waals surface area contributed by atoms with Crippen LogP contribution in [0.25, 0.3) is 5.76 Å². The maximum absolute atomic E-state index is 13.4. The molecular formula is C28H26N2O8S. The lowest BCUT2D eigenvalue weighted by molar-refractivity contribution is -0.132. The Hall–Kier alpha value is -4.64. The minimum Gasteiger partial charge on any atom is -0.507 e. The average molecular weight is 551 g/mol. The average Bonchev–Trinajstić information content (AvgIpc) is 3.40. The first-order chi connectivity index (χ1) is 18.6. The first-order valence-corrected chi connectivity index (χ1v) is 12.7. The Bertz CT molecular complexity index is 1520. The van der Waals surface area contributed by atoms with Gasteiger partial charge in [-0.1, -0.05) is 30.1 Å². The minimum atomic E-state index is -1.22. The third-order valence-corrected chi connectivity index (χ3v) is 7.20. The minimum absolute atomic E-state index is 0.0213. The predicted molar refractivity (Wildman–Crippen MR) is 145 cm³/mol. The summed E-state index contributed by atoms with van der Waals surface area (Å²) in [6.45, 7) is 9.08. The van der Waals surface area contributed by atoms with Crippen molar-refractivity contribution in [3.05, 3.63) is 81.9 Å². The van der Waals surface area contributed by atoms with Crippen LogP contribution in [0.15, 0.2) is 54.6 Å². The van der Waals surface area contributed by atoms with Crippen molar-refractivity contribution >= 4 is 39.9 Å². The number of anilines is 1. The number of hydrogen-bond donors (Lipinski definition) is 3. The van der Waals surface area contributed by atoms with E-state index < -0.39 is 29.5 Å². The van der Waals surface area contributed by atoms with Crippen LogP contribution in [-0.2, 0) is 9.59 Å². The summed E-state index contributed by atoms with van der Waals surface area (Å²) >= 11 is 0.742. The van der Waals surface area contributed by atoms with Crippen LogP contribution in [-0.4, -0.2) is 51.2 Å². The molecule has 0 unspecified atom stereocenters. The van der Waals surface area contributed by atoms with E-state index in [4.69, 9.17) is 9.47 Å². The third-order valence-electron chi connectivity index (χ3n) is 6.05. The zero-order valence-corrected chi connectivity index (χ0v) is 22.2. The van der Waals surface area contributed by atoms with Gasteiger partial charge in [-0.15, -0.1) is 0 Å². The summed E-state index contributed by atoms with van der Waals surface area (Å²) in [5, 5.41) is 31.2. The van der Waals surface area contributed by atoms with Crippen LogP contribution in [0, 0.1) is 13.8 Å². The number of carbonyl (C=O) groups excluding carboxylic acids is 2. The van der Waals surface area contributed by atoms with E-state index in [1.807, 2.05) is 0 Å². The number of aromatic carboxylic acids is 1. The number of thiazole rings is 1. The van der Waals surface area contributed by atoms with Crippen molar-refractivity contribution in [1.29, 1.82) is 0 Å². The molecule has 0 saturated carbocycles. The highest BCUT2D eigenvalue weighted by molar-refractivity contribution is 7.17. The van der Waals surface area contributed by atoms with E-state index in [1.54, 1.807) is 38.1 Å². The number of carbonyl (C=O) groups is 3. The van der Waals surface area contributed by atoms with Crippen LogP contribution >= 0.6 is 11.3 Å². The van der Waals surface area contributed by atoms with Crippen LogP contribution < -0.4 is 14.4 Å². The van der Waals surface area contributed by atoms with Gasteiger partial charge in [0.1, 0.15) is 23.0 Å². The van der Waals surface area contributed by atoms with Gasteiger partial charge < -0.3 is 24.8 Å². The Morgan fingerprint density at radius 3 is 2.51 bits per heavy atom. The van der Waals surface area contributed by atoms with Crippen molar-refractivity contribution in [3.8, 4) is 17.2 Å². The number of rotatable bonds is 9. The highest BCUT2D eigenvalue weighted by atomic mass is 32.1. The zero-order valence-electron chi connectivity index (χ0n) is 21.4. The Morgan fingerprint density at radius 2 is 1.90 bits per heavy atom. The van der Waals surface area contributed by atoms with Gasteiger partial charge >= 0.3 is 11.9 Å². The van der Waals surface area contributed by atoms with Crippen LogP contribution in [0.4, 0.5) is 5.13 Å². The van der Waals surface area contributed by atoms with Gasteiger partial charge in [0.05, 0.1) is 23.9 Å². The van der Waals surface area contributed by atoms with Crippen molar-refractivity contribution in [1.82, 2.24) is 4.98 Å². The zero-order chi connectivity index (χ0) is 28.4. The molecule has 11 heteroatoms. The predicted octanol–water partition coefficient (Wildman–Crippen LogP) is 4.75. The van der Waals surface area contributed by atoms with E-state index in [-0.39, 0.29) is 46.0 Å². The summed E-state index contributed by atoms with van der Waals surface area (Å²) in [5.41, 5.74) is 1.17. The molecule has 0 spiro atoms. The molecule has 1 aromatic heterocycles. The number of hydrogen-bond acceptors (Lipinski definition) is 9. The lowest BCUT2D eigenvalue weighted by Gasteiger charge is -2.24. The highest BCUT2D eigenvalue weighted by Crippen LogP contribution is 2.45. The lowest BCUT2D eigenvalue weighted by Crippen LogP contribution is -2.29. The van der Waals surface area contributed by atoms with Gasteiger partial charge in [-0.25, -0.2) is 9.78 Å². The fraction of sp³-hybridized carbons (Fsp3) is 0.214. The number of aromatic hydroxyl groups is 1. The molecule has 1 aliphatic rings. The number of aryl methyl sites for hydroxylation is 2. The highest BCUT2D eigenvalue weighted by Gasteiger charge is 2.48. The summed E-state index contributed by atoms with van der Waals surface area (Å²) in [4.78, 5) is 43.8. The molecule has 39 heavy (non-hydrogen) atoms. The number of aliphatic hydroxyl groups is 1. The molecule has 1 amide bonds. The van der Waals surface area contributed by atoms with Gasteiger partial charge in [-0.3, -0.25) is 14.5 Å². The number of phenols is 1. The summed E-state index contributed by atoms with van der Waals surface area (Å²) < 4.78 is 11.0. The van der Waals surface area contributed by atoms with E-state index in [2.05, 4.69) is 11.6 Å². The second-order valence-electron chi connectivity index (χ2n) is 8.62. The topological polar surface area (TPSA) is 146 Å². The maximum Gasteiger partial charge on any atom is 0.347 e. The summed E-state index contributed by atoms with van der Waals surface area (Å²) in [7, 11) is 0. The van der Waals surface area contributed by atoms with Crippen LogP contribution in [0.3, 0.4) is 0 Å². The monoisotopic (exact) mass is 550 g/mol. The number of ether oxygens (including phenoxy) is 2. The summed E-state index contributed by atoms with van der Waals surface area (Å²) in [6.07, 6.45) is 1.59. The molecule has 202 valence electrons. The van der Waals surface area contributed by atoms with Gasteiger partial charge in [0.2, 0.25) is 0 Å².